The van der Waals surface area contributed by atoms with Gasteiger partial charge in [-0.2, -0.15) is 0 Å². The third-order valence-corrected chi connectivity index (χ3v) is 3.70. The molecule has 0 N–H and O–H groups in total. The lowest BCUT2D eigenvalue weighted by Gasteiger charge is -2.10. The molecule has 0 bridgehead atoms. The Morgan fingerprint density at radius 1 is 1.10 bits per heavy atom. The quantitative estimate of drug-likeness (QED) is 0.568. The van der Waals surface area contributed by atoms with Crippen LogP contribution in [0.5, 0.6) is 0 Å². The Balaban J connectivity index is 1.72. The van der Waals surface area contributed by atoms with Gasteiger partial charge in [-0.25, -0.2) is 9.59 Å². The SMILES string of the molecule is O=C(OCC1CO1)c1cccc(Br)c1C(=O)OCC1CO1. The van der Waals surface area contributed by atoms with Crippen LogP contribution in [0.25, 0.3) is 0 Å². The average molecular weight is 357 g/mol. The van der Waals surface area contributed by atoms with Crippen LogP contribution >= 0.6 is 15.9 Å². The zero-order chi connectivity index (χ0) is 14.8. The lowest BCUT2D eigenvalue weighted by Crippen LogP contribution is -2.17. The second-order valence-corrected chi connectivity index (χ2v) is 5.62. The highest BCUT2D eigenvalue weighted by molar-refractivity contribution is 9.10. The fourth-order valence-corrected chi connectivity index (χ4v) is 2.25. The molecule has 0 radical (unpaired) electrons. The molecule has 0 spiro atoms. The smallest absolute Gasteiger partial charge is 0.340 e. The molecule has 0 amide bonds. The highest BCUT2D eigenvalue weighted by atomic mass is 79.9. The Bertz CT molecular complexity index is 565. The van der Waals surface area contributed by atoms with Crippen molar-refractivity contribution in [1.29, 1.82) is 0 Å². The lowest BCUT2D eigenvalue weighted by atomic mass is 10.1. The van der Waals surface area contributed by atoms with Gasteiger partial charge in [0.15, 0.2) is 0 Å². The minimum absolute atomic E-state index is 0.0245. The van der Waals surface area contributed by atoms with E-state index in [0.29, 0.717) is 17.7 Å². The Morgan fingerprint density at radius 2 is 1.67 bits per heavy atom. The fraction of sp³-hybridized carbons (Fsp3) is 0.429. The minimum Gasteiger partial charge on any atom is -0.459 e. The van der Waals surface area contributed by atoms with Crippen LogP contribution in [-0.2, 0) is 18.9 Å². The van der Waals surface area contributed by atoms with Gasteiger partial charge >= 0.3 is 11.9 Å². The molecule has 2 unspecified atom stereocenters. The van der Waals surface area contributed by atoms with Crippen molar-refractivity contribution in [3.8, 4) is 0 Å². The van der Waals surface area contributed by atoms with Crippen molar-refractivity contribution in [2.75, 3.05) is 26.4 Å². The Morgan fingerprint density at radius 3 is 2.24 bits per heavy atom. The van der Waals surface area contributed by atoms with E-state index in [0.717, 1.165) is 0 Å². The normalized spacial score (nSPS) is 22.5. The van der Waals surface area contributed by atoms with Crippen LogP contribution in [0.4, 0.5) is 0 Å². The molecule has 2 heterocycles. The number of rotatable bonds is 6. The summed E-state index contributed by atoms with van der Waals surface area (Å²) in [5, 5.41) is 0. The van der Waals surface area contributed by atoms with E-state index in [2.05, 4.69) is 15.9 Å². The van der Waals surface area contributed by atoms with Crippen LogP contribution < -0.4 is 0 Å². The van der Waals surface area contributed by atoms with Gasteiger partial charge in [0.05, 0.1) is 24.3 Å². The highest BCUT2D eigenvalue weighted by Crippen LogP contribution is 2.23. The van der Waals surface area contributed by atoms with Crippen molar-refractivity contribution in [2.45, 2.75) is 12.2 Å². The maximum absolute atomic E-state index is 12.1. The van der Waals surface area contributed by atoms with Gasteiger partial charge in [0, 0.05) is 4.47 Å². The molecule has 7 heteroatoms. The summed E-state index contributed by atoms with van der Waals surface area (Å²) in [6.07, 6.45) is -0.0534. The van der Waals surface area contributed by atoms with Crippen LogP contribution in [0.3, 0.4) is 0 Å². The average Bonchev–Trinajstić information content (AvgIpc) is 3.36. The number of hydrogen-bond donors (Lipinski definition) is 0. The predicted octanol–water partition coefficient (Wildman–Crippen LogP) is 1.56. The van der Waals surface area contributed by atoms with Gasteiger partial charge in [0.25, 0.3) is 0 Å². The van der Waals surface area contributed by atoms with E-state index in [-0.39, 0.29) is 36.5 Å². The molecule has 2 atom stereocenters. The topological polar surface area (TPSA) is 77.7 Å². The van der Waals surface area contributed by atoms with Gasteiger partial charge < -0.3 is 18.9 Å². The molecule has 0 aliphatic carbocycles. The number of halogens is 1. The molecule has 21 heavy (non-hydrogen) atoms. The number of epoxide rings is 2. The largest absolute Gasteiger partial charge is 0.459 e. The second-order valence-electron chi connectivity index (χ2n) is 4.77. The van der Waals surface area contributed by atoms with E-state index in [9.17, 15) is 9.59 Å². The molecule has 3 rings (SSSR count). The second kappa shape index (κ2) is 6.13. The molecule has 2 aliphatic heterocycles. The Kier molecular flexibility index (Phi) is 4.23. The number of carbonyl (C=O) groups is 2. The number of carbonyl (C=O) groups excluding carboxylic acids is 2. The molecule has 1 aromatic carbocycles. The maximum Gasteiger partial charge on any atom is 0.340 e. The summed E-state index contributed by atoms with van der Waals surface area (Å²) in [7, 11) is 0. The van der Waals surface area contributed by atoms with Crippen molar-refractivity contribution in [3.05, 3.63) is 33.8 Å². The van der Waals surface area contributed by atoms with E-state index in [1.54, 1.807) is 12.1 Å². The van der Waals surface area contributed by atoms with Crippen LogP contribution in [0.2, 0.25) is 0 Å². The van der Waals surface area contributed by atoms with Crippen LogP contribution in [0.15, 0.2) is 22.7 Å². The molecule has 1 aromatic rings. The molecular weight excluding hydrogens is 344 g/mol. The van der Waals surface area contributed by atoms with Crippen molar-refractivity contribution in [2.24, 2.45) is 0 Å². The van der Waals surface area contributed by atoms with Gasteiger partial charge in [0.1, 0.15) is 25.4 Å². The monoisotopic (exact) mass is 356 g/mol. The van der Waals surface area contributed by atoms with Crippen LogP contribution in [0.1, 0.15) is 20.7 Å². The Labute approximate surface area is 129 Å². The van der Waals surface area contributed by atoms with Crippen LogP contribution in [0, 0.1) is 0 Å². The van der Waals surface area contributed by atoms with E-state index in [1.165, 1.54) is 6.07 Å². The molecule has 2 aliphatic rings. The van der Waals surface area contributed by atoms with Gasteiger partial charge in [-0.3, -0.25) is 0 Å². The first-order chi connectivity index (χ1) is 10.1. The summed E-state index contributed by atoms with van der Waals surface area (Å²) in [6, 6.07) is 4.87. The minimum atomic E-state index is -0.576. The first-order valence-corrected chi connectivity index (χ1v) is 7.30. The fourth-order valence-electron chi connectivity index (χ4n) is 1.72. The summed E-state index contributed by atoms with van der Waals surface area (Å²) in [5.74, 6) is -1.14. The van der Waals surface area contributed by atoms with Crippen molar-refractivity contribution >= 4 is 27.9 Å². The Hall–Kier alpha value is -1.44. The number of ether oxygens (including phenoxy) is 4. The van der Waals surface area contributed by atoms with Gasteiger partial charge in [-0.05, 0) is 28.1 Å². The summed E-state index contributed by atoms with van der Waals surface area (Å²) < 4.78 is 20.7. The van der Waals surface area contributed by atoms with E-state index in [1.807, 2.05) is 0 Å². The third-order valence-electron chi connectivity index (χ3n) is 3.04. The summed E-state index contributed by atoms with van der Waals surface area (Å²) in [4.78, 5) is 24.2. The number of esters is 2. The standard InChI is InChI=1S/C14H13BrO6/c15-11-3-1-2-10(13(16)20-6-8-4-18-8)12(11)14(17)21-7-9-5-19-9/h1-3,8-9H,4-7H2. The highest BCUT2D eigenvalue weighted by Gasteiger charge is 2.29. The molecule has 2 saturated heterocycles. The summed E-state index contributed by atoms with van der Waals surface area (Å²) in [6.45, 7) is 1.57. The van der Waals surface area contributed by atoms with E-state index >= 15 is 0 Å². The first-order valence-electron chi connectivity index (χ1n) is 6.51. The first kappa shape index (κ1) is 14.5. The number of benzene rings is 1. The van der Waals surface area contributed by atoms with Crippen LogP contribution in [-0.4, -0.2) is 50.6 Å². The molecule has 2 fully saturated rings. The molecule has 0 aromatic heterocycles. The predicted molar refractivity (Wildman–Crippen MR) is 74.2 cm³/mol. The van der Waals surface area contributed by atoms with E-state index < -0.39 is 11.9 Å². The maximum atomic E-state index is 12.1. The summed E-state index contributed by atoms with van der Waals surface area (Å²) in [5.41, 5.74) is 0.339. The van der Waals surface area contributed by atoms with Gasteiger partial charge in [0.2, 0.25) is 0 Å². The number of hydrogen-bond acceptors (Lipinski definition) is 6. The van der Waals surface area contributed by atoms with E-state index in [4.69, 9.17) is 18.9 Å². The third kappa shape index (κ3) is 3.81. The zero-order valence-corrected chi connectivity index (χ0v) is 12.6. The molecule has 0 saturated carbocycles. The van der Waals surface area contributed by atoms with Gasteiger partial charge in [-0.1, -0.05) is 6.07 Å². The zero-order valence-electron chi connectivity index (χ0n) is 11.0. The van der Waals surface area contributed by atoms with Crippen molar-refractivity contribution in [3.63, 3.8) is 0 Å². The summed E-state index contributed by atoms with van der Waals surface area (Å²) >= 11 is 3.27. The van der Waals surface area contributed by atoms with Gasteiger partial charge in [-0.15, -0.1) is 0 Å². The molecule has 112 valence electrons. The van der Waals surface area contributed by atoms with Crippen molar-refractivity contribution in [1.82, 2.24) is 0 Å². The lowest BCUT2D eigenvalue weighted by molar-refractivity contribution is 0.0430. The molecule has 6 nitrogen and oxygen atoms in total. The van der Waals surface area contributed by atoms with Crippen molar-refractivity contribution < 1.29 is 28.5 Å². The molecular formula is C14H13BrO6.